The van der Waals surface area contributed by atoms with Crippen LogP contribution in [0.5, 0.6) is 0 Å². The predicted molar refractivity (Wildman–Crippen MR) is 268 cm³/mol. The highest BCUT2D eigenvalue weighted by Crippen LogP contribution is 2.52. The van der Waals surface area contributed by atoms with E-state index in [2.05, 4.69) is 26.0 Å². The summed E-state index contributed by atoms with van der Waals surface area (Å²) in [5.74, 6) is -1.66. The van der Waals surface area contributed by atoms with E-state index in [1.165, 1.54) is 0 Å². The number of rotatable bonds is 6. The Labute approximate surface area is 410 Å². The average molecular weight is 856 g/mol. The van der Waals surface area contributed by atoms with Crippen LogP contribution in [0.4, 0.5) is 0 Å². The zero-order valence-corrected chi connectivity index (χ0v) is 34.1. The van der Waals surface area contributed by atoms with E-state index in [-0.39, 0.29) is 27.6 Å². The second kappa shape index (κ2) is 14.3. The number of para-hydroxylation sites is 2. The molecule has 0 aliphatic heterocycles. The molecule has 0 saturated carbocycles. The van der Waals surface area contributed by atoms with E-state index < -0.39 is 212 Å². The molecule has 12 aromatic rings. The van der Waals surface area contributed by atoms with Gasteiger partial charge in [-0.3, -0.25) is 9.13 Å². The summed E-state index contributed by atoms with van der Waals surface area (Å²) in [5, 5.41) is -1.81. The third-order valence-electron chi connectivity index (χ3n) is 11.9. The van der Waals surface area contributed by atoms with E-state index in [4.69, 9.17) is 34.1 Å². The van der Waals surface area contributed by atoms with Gasteiger partial charge in [-0.1, -0.05) is 201 Å². The first-order valence-corrected chi connectivity index (χ1v) is 20.3. The molecule has 0 bridgehead atoms. The smallest absolute Gasteiger partial charge is 0.240 e. The standard InChI is InChI=1S/C60H41N5/c1-60(2)50-24-12-9-22-49(50)56-44(23-15-25-51(56)60)40-28-30-41(31-29-40)57-61-58(64-52-26-13-10-20-45(52)46-21-11-14-27-53(46)64)63-59(62-57)65-54-36-42(38-16-5-3-6-17-38)32-34-47(54)48-35-33-43(37-55(48)65)39-18-7-4-8-19-39/h3-37H,1-2H3/i3D,4D,5D,6D,7D,8D,10D,11D,13D,14D,16D,17D,18D,19D,20D,21D,26D,27D,32D,33D,34D,35D,36D,37D. The Morgan fingerprint density at radius 1 is 0.385 bits per heavy atom. The van der Waals surface area contributed by atoms with E-state index >= 15 is 0 Å². The predicted octanol–water partition coefficient (Wildman–Crippen LogP) is 15.0. The molecule has 0 N–H and O–H groups in total. The van der Waals surface area contributed by atoms with E-state index in [0.717, 1.165) is 42.5 Å². The molecule has 0 atom stereocenters. The molecule has 0 saturated heterocycles. The molecule has 3 aromatic heterocycles. The summed E-state index contributed by atoms with van der Waals surface area (Å²) >= 11 is 0. The minimum Gasteiger partial charge on any atom is -0.278 e. The summed E-state index contributed by atoms with van der Waals surface area (Å²) in [7, 11) is 0. The number of benzene rings is 9. The van der Waals surface area contributed by atoms with E-state index in [9.17, 15) is 13.7 Å². The van der Waals surface area contributed by atoms with Crippen LogP contribution in [-0.4, -0.2) is 24.1 Å². The van der Waals surface area contributed by atoms with Crippen molar-refractivity contribution in [3.8, 4) is 67.8 Å². The number of hydrogen-bond acceptors (Lipinski definition) is 3. The molecule has 1 aliphatic carbocycles. The maximum absolute atomic E-state index is 10.1. The van der Waals surface area contributed by atoms with Crippen LogP contribution in [0.25, 0.3) is 111 Å². The SMILES string of the molecule is [2H]c1c([2H])c([2H])c(-c2c([2H])c([2H])c3c4c([2H])c([2H])c(-c5c([2H])c([2H])c([2H])c([2H])c5[2H])c([2H])c4n(-c4nc(-c5ccc(-c6cccc7c6-c6ccccc6C7(C)C)cc5)nc(-n5c6c([2H])c([2H])c([2H])c([2H])c6c6c([2H])c([2H])c([2H])c([2H])c65)n4)c3c2[2H])c([2H])c1[2H]. The Morgan fingerprint density at radius 2 is 0.862 bits per heavy atom. The molecular weight excluding hydrogens is 791 g/mol. The summed E-state index contributed by atoms with van der Waals surface area (Å²) in [4.78, 5) is 14.7. The summed E-state index contributed by atoms with van der Waals surface area (Å²) in [6.07, 6.45) is 0. The van der Waals surface area contributed by atoms with Gasteiger partial charge in [-0.2, -0.15) is 15.0 Å². The first-order valence-electron chi connectivity index (χ1n) is 32.3. The zero-order chi connectivity index (χ0) is 64.1. The van der Waals surface area contributed by atoms with Crippen LogP contribution in [0.1, 0.15) is 57.9 Å². The van der Waals surface area contributed by atoms with Gasteiger partial charge in [-0.15, -0.1) is 0 Å². The Balaban J connectivity index is 1.23. The lowest BCUT2D eigenvalue weighted by Crippen LogP contribution is -2.14. The summed E-state index contributed by atoms with van der Waals surface area (Å²) in [6, 6.07) is 0.809. The lowest BCUT2D eigenvalue weighted by molar-refractivity contribution is 0.660. The minimum absolute atomic E-state index is 0.179. The monoisotopic (exact) mass is 855 g/mol. The van der Waals surface area contributed by atoms with Crippen molar-refractivity contribution in [1.29, 1.82) is 0 Å². The molecule has 1 aliphatic rings. The largest absolute Gasteiger partial charge is 0.278 e. The summed E-state index contributed by atoms with van der Waals surface area (Å²) < 4.78 is 220. The highest BCUT2D eigenvalue weighted by molar-refractivity contribution is 6.11. The lowest BCUT2D eigenvalue weighted by Gasteiger charge is -2.21. The zero-order valence-electron chi connectivity index (χ0n) is 58.1. The second-order valence-corrected chi connectivity index (χ2v) is 15.8. The van der Waals surface area contributed by atoms with Crippen LogP contribution in [0.2, 0.25) is 0 Å². The van der Waals surface area contributed by atoms with Crippen molar-refractivity contribution in [1.82, 2.24) is 24.1 Å². The van der Waals surface area contributed by atoms with Gasteiger partial charge >= 0.3 is 0 Å². The Morgan fingerprint density at radius 3 is 1.46 bits per heavy atom. The topological polar surface area (TPSA) is 48.5 Å². The highest BCUT2D eigenvalue weighted by Gasteiger charge is 2.36. The molecule has 0 radical (unpaired) electrons. The maximum atomic E-state index is 10.1. The van der Waals surface area contributed by atoms with Gasteiger partial charge in [-0.25, -0.2) is 0 Å². The molecule has 306 valence electrons. The van der Waals surface area contributed by atoms with Gasteiger partial charge in [0.2, 0.25) is 11.9 Å². The lowest BCUT2D eigenvalue weighted by atomic mass is 9.82. The fourth-order valence-corrected chi connectivity index (χ4v) is 8.90. The maximum Gasteiger partial charge on any atom is 0.240 e. The van der Waals surface area contributed by atoms with Crippen molar-refractivity contribution in [3.63, 3.8) is 0 Å². The van der Waals surface area contributed by atoms with Crippen LogP contribution >= 0.6 is 0 Å². The van der Waals surface area contributed by atoms with Crippen molar-refractivity contribution in [2.45, 2.75) is 19.3 Å². The average Bonchev–Trinajstić information content (AvgIpc) is 1.60. The van der Waals surface area contributed by atoms with Gasteiger partial charge < -0.3 is 0 Å². The highest BCUT2D eigenvalue weighted by atomic mass is 15.3. The summed E-state index contributed by atoms with van der Waals surface area (Å²) in [6.45, 7) is 4.28. The quantitative estimate of drug-likeness (QED) is 0.167. The van der Waals surface area contributed by atoms with E-state index in [0.29, 0.717) is 0 Å². The van der Waals surface area contributed by atoms with Crippen LogP contribution in [0.3, 0.4) is 0 Å². The van der Waals surface area contributed by atoms with Crippen molar-refractivity contribution < 1.29 is 32.9 Å². The molecule has 5 heteroatoms. The fourth-order valence-electron chi connectivity index (χ4n) is 8.90. The number of fused-ring (bicyclic) bond motifs is 9. The van der Waals surface area contributed by atoms with E-state index in [1.807, 2.05) is 30.3 Å². The molecule has 65 heavy (non-hydrogen) atoms. The number of aromatic nitrogens is 5. The molecule has 0 spiro atoms. The van der Waals surface area contributed by atoms with Crippen LogP contribution < -0.4 is 0 Å². The molecule has 13 rings (SSSR count). The van der Waals surface area contributed by atoms with Gasteiger partial charge in [0.25, 0.3) is 0 Å². The molecule has 3 heterocycles. The molecule has 0 unspecified atom stereocenters. The second-order valence-electron chi connectivity index (χ2n) is 15.8. The molecule has 0 fully saturated rings. The van der Waals surface area contributed by atoms with Crippen molar-refractivity contribution in [3.05, 3.63) is 223 Å². The van der Waals surface area contributed by atoms with Crippen molar-refractivity contribution in [2.75, 3.05) is 0 Å². The van der Waals surface area contributed by atoms with Gasteiger partial charge in [0, 0.05) is 32.5 Å². The minimum atomic E-state index is -0.908. The third kappa shape index (κ3) is 5.75. The van der Waals surface area contributed by atoms with Gasteiger partial charge in [0.1, 0.15) is 0 Å². The van der Waals surface area contributed by atoms with E-state index in [1.54, 1.807) is 24.3 Å². The van der Waals surface area contributed by atoms with Gasteiger partial charge in [-0.05, 0) is 79.8 Å². The fraction of sp³-hybridized carbons (Fsp3) is 0.0500. The van der Waals surface area contributed by atoms with Crippen LogP contribution in [0, 0.1) is 0 Å². The first kappa shape index (κ1) is 20.4. The summed E-state index contributed by atoms with van der Waals surface area (Å²) in [5.41, 5.74) is 0.647. The van der Waals surface area contributed by atoms with Crippen molar-refractivity contribution >= 4 is 43.6 Å². The van der Waals surface area contributed by atoms with Gasteiger partial charge in [0.05, 0.1) is 55.0 Å². The molecule has 5 nitrogen and oxygen atoms in total. The van der Waals surface area contributed by atoms with Gasteiger partial charge in [0.15, 0.2) is 5.82 Å². The first-order chi connectivity index (χ1) is 42.0. The Bertz CT molecular complexity index is 5010. The molecule has 0 amide bonds. The number of hydrogen-bond donors (Lipinski definition) is 0. The Kier molecular flexibility index (Phi) is 4.49. The normalized spacial score (nSPS) is 18.1. The van der Waals surface area contributed by atoms with Crippen molar-refractivity contribution in [2.24, 2.45) is 0 Å². The molecular formula is C60H41N5. The number of nitrogens with zero attached hydrogens (tertiary/aromatic N) is 5. The van der Waals surface area contributed by atoms with Crippen LogP contribution in [0.15, 0.2) is 212 Å². The van der Waals surface area contributed by atoms with Crippen LogP contribution in [-0.2, 0) is 5.41 Å². The third-order valence-corrected chi connectivity index (χ3v) is 11.9. The Hall–Kier alpha value is -8.41. The molecule has 9 aromatic carbocycles.